The minimum Gasteiger partial charge on any atom is -0.499 e. The minimum atomic E-state index is -0.0251. The first-order valence-corrected chi connectivity index (χ1v) is 9.75. The van der Waals surface area contributed by atoms with Crippen LogP contribution in [0, 0.1) is 0 Å². The van der Waals surface area contributed by atoms with Crippen LogP contribution in [0.1, 0.15) is 30.9 Å². The highest BCUT2D eigenvalue weighted by molar-refractivity contribution is 7.20. The van der Waals surface area contributed by atoms with Crippen LogP contribution in [0.3, 0.4) is 0 Å². The van der Waals surface area contributed by atoms with Crippen molar-refractivity contribution in [2.45, 2.75) is 44.9 Å². The largest absolute Gasteiger partial charge is 0.499 e. The lowest BCUT2D eigenvalue weighted by Gasteiger charge is -2.30. The summed E-state index contributed by atoms with van der Waals surface area (Å²) in [6.07, 6.45) is 4.19. The minimum absolute atomic E-state index is 0. The lowest BCUT2D eigenvalue weighted by atomic mass is 9.88. The fourth-order valence-corrected chi connectivity index (χ4v) is 4.43. The summed E-state index contributed by atoms with van der Waals surface area (Å²) >= 11 is 1.38. The van der Waals surface area contributed by atoms with Gasteiger partial charge < -0.3 is 9.84 Å². The van der Waals surface area contributed by atoms with E-state index in [0.717, 1.165) is 41.5 Å². The van der Waals surface area contributed by atoms with Crippen LogP contribution in [0.2, 0.25) is 0 Å². The Labute approximate surface area is 164 Å². The molecule has 138 valence electrons. The predicted molar refractivity (Wildman–Crippen MR) is 111 cm³/mol. The summed E-state index contributed by atoms with van der Waals surface area (Å²) in [5, 5.41) is 14.8. The fourth-order valence-electron chi connectivity index (χ4n) is 3.61. The smallest absolute Gasteiger partial charge is 0.172 e. The summed E-state index contributed by atoms with van der Waals surface area (Å²) in [6.45, 7) is 2.14. The molecule has 2 unspecified atom stereocenters. The molecule has 1 heterocycles. The number of fused-ring (bicyclic) bond motifs is 2. The van der Waals surface area contributed by atoms with Crippen molar-refractivity contribution in [3.05, 3.63) is 59.7 Å². The number of aromatic hydroxyl groups is 1. The van der Waals surface area contributed by atoms with Crippen molar-refractivity contribution >= 4 is 33.8 Å². The molecular weight excluding hydrogens is 366 g/mol. The monoisotopic (exact) mass is 389 g/mol. The van der Waals surface area contributed by atoms with Crippen molar-refractivity contribution in [3.63, 3.8) is 0 Å². The lowest BCUT2D eigenvalue weighted by molar-refractivity contribution is 0.141. The number of ether oxygens (including phenoxy) is 1. The van der Waals surface area contributed by atoms with E-state index in [1.807, 2.05) is 18.2 Å². The average Bonchev–Trinajstić information content (AvgIpc) is 3.02. The first-order valence-electron chi connectivity index (χ1n) is 8.94. The molecule has 0 amide bonds. The molecular formula is C21H24ClNO2S. The lowest BCUT2D eigenvalue weighted by Crippen LogP contribution is -2.44. The van der Waals surface area contributed by atoms with E-state index in [-0.39, 0.29) is 18.6 Å². The van der Waals surface area contributed by atoms with E-state index in [9.17, 15) is 5.11 Å². The third-order valence-corrected chi connectivity index (χ3v) is 5.82. The molecule has 1 aromatic heterocycles. The molecule has 5 heteroatoms. The molecule has 0 spiro atoms. The number of rotatable bonds is 5. The first kappa shape index (κ1) is 19.0. The number of nitrogens with one attached hydrogen (secondary N) is 1. The highest BCUT2D eigenvalue weighted by atomic mass is 35.5. The van der Waals surface area contributed by atoms with Crippen molar-refractivity contribution in [2.24, 2.45) is 0 Å². The van der Waals surface area contributed by atoms with E-state index in [1.165, 1.54) is 22.5 Å². The van der Waals surface area contributed by atoms with Gasteiger partial charge >= 0.3 is 0 Å². The number of aryl methyl sites for hydroxylation is 1. The van der Waals surface area contributed by atoms with Crippen LogP contribution >= 0.6 is 23.7 Å². The zero-order valence-corrected chi connectivity index (χ0v) is 16.4. The van der Waals surface area contributed by atoms with Gasteiger partial charge in [-0.1, -0.05) is 48.6 Å². The van der Waals surface area contributed by atoms with Crippen molar-refractivity contribution in [1.29, 1.82) is 0 Å². The third-order valence-electron chi connectivity index (χ3n) is 4.92. The SMILES string of the molecule is CCC(NC1CCc2ccccc2C1)Oc1cccc2sc(O)cc12.Cl. The standard InChI is InChI=1S/C21H23NO2S.ClH/c1-2-20(22-16-11-10-14-6-3-4-7-15(14)12-16)24-18-8-5-9-19-17(18)13-21(23)25-19;/h3-9,13,16,20,22-23H,2,10-12H2,1H3;1H. The molecule has 0 fully saturated rings. The maximum Gasteiger partial charge on any atom is 0.172 e. The molecule has 4 rings (SSSR count). The second-order valence-corrected chi connectivity index (χ2v) is 7.70. The quantitative estimate of drug-likeness (QED) is 0.582. The third kappa shape index (κ3) is 3.98. The number of hydrogen-bond donors (Lipinski definition) is 2. The van der Waals surface area contributed by atoms with Gasteiger partial charge in [0.05, 0.1) is 0 Å². The zero-order valence-electron chi connectivity index (χ0n) is 14.8. The molecule has 0 aliphatic heterocycles. The van der Waals surface area contributed by atoms with E-state index >= 15 is 0 Å². The van der Waals surface area contributed by atoms with E-state index < -0.39 is 0 Å². The van der Waals surface area contributed by atoms with Gasteiger partial charge in [-0.15, -0.1) is 12.4 Å². The van der Waals surface area contributed by atoms with Gasteiger partial charge in [0.1, 0.15) is 12.0 Å². The molecule has 0 bridgehead atoms. The Bertz CT molecular complexity index is 879. The van der Waals surface area contributed by atoms with Crippen LogP contribution < -0.4 is 10.1 Å². The molecule has 3 aromatic rings. The Kier molecular flexibility index (Phi) is 6.07. The van der Waals surface area contributed by atoms with Crippen molar-refractivity contribution in [1.82, 2.24) is 5.32 Å². The van der Waals surface area contributed by atoms with Gasteiger partial charge in [-0.05, 0) is 48.9 Å². The molecule has 0 saturated heterocycles. The van der Waals surface area contributed by atoms with Crippen LogP contribution in [0.4, 0.5) is 0 Å². The summed E-state index contributed by atoms with van der Waals surface area (Å²) in [5.41, 5.74) is 2.93. The molecule has 2 aromatic carbocycles. The Morgan fingerprint density at radius 2 is 2.00 bits per heavy atom. The summed E-state index contributed by atoms with van der Waals surface area (Å²) in [6, 6.07) is 16.9. The molecule has 0 radical (unpaired) electrons. The van der Waals surface area contributed by atoms with Crippen LogP contribution in [0.15, 0.2) is 48.5 Å². The Morgan fingerprint density at radius 1 is 1.19 bits per heavy atom. The molecule has 2 atom stereocenters. The van der Waals surface area contributed by atoms with Crippen LogP contribution in [0.5, 0.6) is 10.8 Å². The van der Waals surface area contributed by atoms with Crippen LogP contribution in [0.25, 0.3) is 10.1 Å². The molecule has 0 saturated carbocycles. The first-order chi connectivity index (χ1) is 12.2. The maximum atomic E-state index is 9.77. The fraction of sp³-hybridized carbons (Fsp3) is 0.333. The van der Waals surface area contributed by atoms with Gasteiger partial charge in [-0.2, -0.15) is 0 Å². The van der Waals surface area contributed by atoms with Crippen LogP contribution in [-0.2, 0) is 12.8 Å². The molecule has 1 aliphatic rings. The molecule has 26 heavy (non-hydrogen) atoms. The Morgan fingerprint density at radius 3 is 2.81 bits per heavy atom. The van der Waals surface area contributed by atoms with E-state index in [4.69, 9.17) is 4.74 Å². The van der Waals surface area contributed by atoms with E-state index in [2.05, 4.69) is 36.5 Å². The maximum absolute atomic E-state index is 9.77. The highest BCUT2D eigenvalue weighted by Gasteiger charge is 2.21. The number of benzene rings is 2. The number of thiophene rings is 1. The van der Waals surface area contributed by atoms with Gasteiger partial charge in [-0.25, -0.2) is 0 Å². The average molecular weight is 390 g/mol. The van der Waals surface area contributed by atoms with Crippen LogP contribution in [-0.4, -0.2) is 17.4 Å². The highest BCUT2D eigenvalue weighted by Crippen LogP contribution is 2.36. The van der Waals surface area contributed by atoms with E-state index in [1.54, 1.807) is 6.07 Å². The molecule has 1 aliphatic carbocycles. The summed E-state index contributed by atoms with van der Waals surface area (Å²) in [4.78, 5) is 0. The van der Waals surface area contributed by atoms with Gasteiger partial charge in [0.15, 0.2) is 5.06 Å². The van der Waals surface area contributed by atoms with Crippen molar-refractivity contribution < 1.29 is 9.84 Å². The van der Waals surface area contributed by atoms with Gasteiger partial charge in [0.25, 0.3) is 0 Å². The number of hydrogen-bond acceptors (Lipinski definition) is 4. The van der Waals surface area contributed by atoms with Crippen molar-refractivity contribution in [2.75, 3.05) is 0 Å². The topological polar surface area (TPSA) is 41.5 Å². The summed E-state index contributed by atoms with van der Waals surface area (Å²) in [5.74, 6) is 0.838. The van der Waals surface area contributed by atoms with Crippen molar-refractivity contribution in [3.8, 4) is 10.8 Å². The zero-order chi connectivity index (χ0) is 17.2. The van der Waals surface area contributed by atoms with Gasteiger partial charge in [-0.3, -0.25) is 5.32 Å². The molecule has 2 N–H and O–H groups in total. The molecule has 3 nitrogen and oxygen atoms in total. The van der Waals surface area contributed by atoms with Gasteiger partial charge in [0.2, 0.25) is 0 Å². The number of halogens is 1. The Balaban J connectivity index is 0.00000196. The van der Waals surface area contributed by atoms with Gasteiger partial charge in [0, 0.05) is 22.2 Å². The summed E-state index contributed by atoms with van der Waals surface area (Å²) in [7, 11) is 0. The predicted octanol–water partition coefficient (Wildman–Crippen LogP) is 5.29. The second-order valence-electron chi connectivity index (χ2n) is 6.64. The second kappa shape index (κ2) is 8.30. The Hall–Kier alpha value is -1.75. The normalized spacial score (nSPS) is 17.3. The summed E-state index contributed by atoms with van der Waals surface area (Å²) < 4.78 is 7.32. The van der Waals surface area contributed by atoms with E-state index in [0.29, 0.717) is 11.1 Å².